The van der Waals surface area contributed by atoms with Gasteiger partial charge in [-0.2, -0.15) is 0 Å². The minimum absolute atomic E-state index is 0.164. The number of carbonyl (C=O) groups excluding carboxylic acids is 1. The molecule has 1 fully saturated rings. The van der Waals surface area contributed by atoms with Crippen LogP contribution in [0.25, 0.3) is 16.2 Å². The van der Waals surface area contributed by atoms with Crippen molar-refractivity contribution in [3.63, 3.8) is 0 Å². The number of hydrogen-bond acceptors (Lipinski definition) is 5. The molecule has 0 bridgehead atoms. The zero-order chi connectivity index (χ0) is 21.9. The Bertz CT molecular complexity index is 1140. The van der Waals surface area contributed by atoms with Gasteiger partial charge in [-0.1, -0.05) is 18.2 Å². The molecule has 0 amide bonds. The molecule has 0 N–H and O–H groups in total. The summed E-state index contributed by atoms with van der Waals surface area (Å²) in [5, 5.41) is 1.41. The Kier molecular flexibility index (Phi) is 6.28. The fourth-order valence-electron chi connectivity index (χ4n) is 4.71. The minimum Gasteiger partial charge on any atom is -0.494 e. The summed E-state index contributed by atoms with van der Waals surface area (Å²) in [7, 11) is 0. The van der Waals surface area contributed by atoms with Gasteiger partial charge in [-0.15, -0.1) is 11.3 Å². The fourth-order valence-corrected chi connectivity index (χ4v) is 5.65. The second-order valence-electron chi connectivity index (χ2n) is 8.77. The molecular weight excluding hydrogens is 416 g/mol. The predicted molar refractivity (Wildman–Crippen MR) is 134 cm³/mol. The number of thiophene rings is 1. The number of benzene rings is 2. The number of nitrogens with zero attached hydrogens (tertiary/aromatic N) is 2. The van der Waals surface area contributed by atoms with Gasteiger partial charge >= 0.3 is 0 Å². The van der Waals surface area contributed by atoms with Crippen LogP contribution in [0.1, 0.15) is 28.8 Å². The fraction of sp³-hybridized carbons (Fsp3) is 0.370. The number of anilines is 1. The summed E-state index contributed by atoms with van der Waals surface area (Å²) in [4.78, 5) is 18.1. The molecule has 5 rings (SSSR count). The van der Waals surface area contributed by atoms with Gasteiger partial charge in [0, 0.05) is 53.3 Å². The highest BCUT2D eigenvalue weighted by atomic mass is 32.1. The van der Waals surface area contributed by atoms with Gasteiger partial charge in [0.05, 0.1) is 6.61 Å². The lowest BCUT2D eigenvalue weighted by Crippen LogP contribution is -2.46. The second-order valence-corrected chi connectivity index (χ2v) is 10.1. The van der Waals surface area contributed by atoms with Gasteiger partial charge in [-0.3, -0.25) is 9.69 Å². The van der Waals surface area contributed by atoms with Gasteiger partial charge in [-0.05, 0) is 73.8 Å². The molecule has 4 nitrogen and oxygen atoms in total. The van der Waals surface area contributed by atoms with Crippen molar-refractivity contribution in [2.24, 2.45) is 0 Å². The van der Waals surface area contributed by atoms with E-state index in [0.29, 0.717) is 6.42 Å². The molecular formula is C27H30N2O2S. The zero-order valence-electron chi connectivity index (χ0n) is 18.7. The average molecular weight is 447 g/mol. The number of piperazine rings is 1. The van der Waals surface area contributed by atoms with E-state index in [1.54, 1.807) is 6.08 Å². The molecule has 32 heavy (non-hydrogen) atoms. The number of aryl methyl sites for hydroxylation is 1. The van der Waals surface area contributed by atoms with Crippen LogP contribution in [-0.2, 0) is 11.2 Å². The highest BCUT2D eigenvalue weighted by Gasteiger charge is 2.19. The molecule has 0 unspecified atom stereocenters. The first-order chi connectivity index (χ1) is 15.7. The van der Waals surface area contributed by atoms with E-state index in [1.165, 1.54) is 20.7 Å². The van der Waals surface area contributed by atoms with Crippen LogP contribution in [-0.4, -0.2) is 50.0 Å². The van der Waals surface area contributed by atoms with E-state index in [2.05, 4.69) is 41.0 Å². The van der Waals surface area contributed by atoms with E-state index in [4.69, 9.17) is 4.74 Å². The van der Waals surface area contributed by atoms with Crippen LogP contribution < -0.4 is 9.64 Å². The maximum absolute atomic E-state index is 11.6. The predicted octanol–water partition coefficient (Wildman–Crippen LogP) is 5.33. The lowest BCUT2D eigenvalue weighted by molar-refractivity contribution is -0.114. The van der Waals surface area contributed by atoms with Crippen molar-refractivity contribution in [2.45, 2.75) is 26.2 Å². The second kappa shape index (κ2) is 9.47. The highest BCUT2D eigenvalue weighted by Crippen LogP contribution is 2.33. The van der Waals surface area contributed by atoms with E-state index in [0.717, 1.165) is 69.0 Å². The summed E-state index contributed by atoms with van der Waals surface area (Å²) in [6.45, 7) is 8.46. The van der Waals surface area contributed by atoms with Crippen molar-refractivity contribution >= 4 is 39.0 Å². The average Bonchev–Trinajstić information content (AvgIpc) is 3.19. The number of ketones is 1. The minimum atomic E-state index is 0.164. The molecule has 1 saturated heterocycles. The molecule has 1 aromatic heterocycles. The molecule has 0 spiro atoms. The lowest BCUT2D eigenvalue weighted by atomic mass is 9.96. The summed E-state index contributed by atoms with van der Waals surface area (Å²) in [5.74, 6) is 1.04. The van der Waals surface area contributed by atoms with Crippen LogP contribution in [0.4, 0.5) is 5.69 Å². The number of ether oxygens (including phenoxy) is 1. The van der Waals surface area contributed by atoms with Crippen molar-refractivity contribution in [1.29, 1.82) is 0 Å². The van der Waals surface area contributed by atoms with Crippen LogP contribution in [0, 0.1) is 6.92 Å². The largest absolute Gasteiger partial charge is 0.494 e. The normalized spacial score (nSPS) is 16.5. The SMILES string of the molecule is Cc1cc2c(N3CCN(CCCCOc4ccc5c(c4)CC(=O)C=C5)CC3)cccc2s1. The monoisotopic (exact) mass is 446 g/mol. The molecule has 3 aromatic rings. The van der Waals surface area contributed by atoms with Crippen LogP contribution >= 0.6 is 11.3 Å². The van der Waals surface area contributed by atoms with Crippen molar-refractivity contribution in [3.8, 4) is 5.75 Å². The molecule has 0 saturated carbocycles. The van der Waals surface area contributed by atoms with Gasteiger partial charge in [0.15, 0.2) is 5.78 Å². The topological polar surface area (TPSA) is 32.8 Å². The van der Waals surface area contributed by atoms with Gasteiger partial charge < -0.3 is 9.64 Å². The van der Waals surface area contributed by atoms with E-state index >= 15 is 0 Å². The molecule has 2 aliphatic rings. The number of rotatable bonds is 7. The van der Waals surface area contributed by atoms with Crippen LogP contribution in [0.15, 0.2) is 48.5 Å². The number of unbranched alkanes of at least 4 members (excludes halogenated alkanes) is 1. The van der Waals surface area contributed by atoms with Crippen molar-refractivity contribution < 1.29 is 9.53 Å². The maximum atomic E-state index is 11.6. The Morgan fingerprint density at radius 1 is 1.00 bits per heavy atom. The smallest absolute Gasteiger partial charge is 0.160 e. The molecule has 2 heterocycles. The van der Waals surface area contributed by atoms with Gasteiger partial charge in [0.1, 0.15) is 5.75 Å². The highest BCUT2D eigenvalue weighted by molar-refractivity contribution is 7.19. The van der Waals surface area contributed by atoms with Crippen LogP contribution in [0.5, 0.6) is 5.75 Å². The summed E-state index contributed by atoms with van der Waals surface area (Å²) >= 11 is 1.88. The van der Waals surface area contributed by atoms with E-state index in [9.17, 15) is 4.79 Å². The van der Waals surface area contributed by atoms with Crippen LogP contribution in [0.2, 0.25) is 0 Å². The maximum Gasteiger partial charge on any atom is 0.160 e. The summed E-state index contributed by atoms with van der Waals surface area (Å²) in [5.41, 5.74) is 3.59. The van der Waals surface area contributed by atoms with E-state index < -0.39 is 0 Å². The standard InChI is InChI=1S/C27H30N2O2S/c1-20-17-25-26(5-4-6-27(25)32-20)29-14-12-28(13-15-29)11-2-3-16-31-24-10-8-21-7-9-23(30)18-22(21)19-24/h4-10,17,19H,2-3,11-16,18H2,1H3. The third kappa shape index (κ3) is 4.74. The Hall–Kier alpha value is -2.63. The summed E-state index contributed by atoms with van der Waals surface area (Å²) < 4.78 is 7.35. The Morgan fingerprint density at radius 3 is 2.75 bits per heavy atom. The van der Waals surface area contributed by atoms with Crippen molar-refractivity contribution in [1.82, 2.24) is 4.90 Å². The number of carbonyl (C=O) groups is 1. The number of fused-ring (bicyclic) bond motifs is 2. The summed E-state index contributed by atoms with van der Waals surface area (Å²) in [6, 6.07) is 15.1. The molecule has 2 aromatic carbocycles. The quantitative estimate of drug-likeness (QED) is 0.459. The third-order valence-corrected chi connectivity index (χ3v) is 7.46. The molecule has 1 aliphatic carbocycles. The van der Waals surface area contributed by atoms with Crippen LogP contribution in [0.3, 0.4) is 0 Å². The van der Waals surface area contributed by atoms with Gasteiger partial charge in [0.25, 0.3) is 0 Å². The Morgan fingerprint density at radius 2 is 1.88 bits per heavy atom. The first-order valence-corrected chi connectivity index (χ1v) is 12.4. The van der Waals surface area contributed by atoms with E-state index in [1.807, 2.05) is 35.6 Å². The van der Waals surface area contributed by atoms with Crippen molar-refractivity contribution in [2.75, 3.05) is 44.2 Å². The zero-order valence-corrected chi connectivity index (χ0v) is 19.5. The molecule has 0 atom stereocenters. The van der Waals surface area contributed by atoms with Gasteiger partial charge in [-0.25, -0.2) is 0 Å². The van der Waals surface area contributed by atoms with E-state index in [-0.39, 0.29) is 5.78 Å². The van der Waals surface area contributed by atoms with Crippen molar-refractivity contribution in [3.05, 3.63) is 64.5 Å². The molecule has 1 aliphatic heterocycles. The molecule has 0 radical (unpaired) electrons. The lowest BCUT2D eigenvalue weighted by Gasteiger charge is -2.36. The molecule has 5 heteroatoms. The third-order valence-electron chi connectivity index (χ3n) is 6.44. The number of hydrogen-bond donors (Lipinski definition) is 0. The molecule has 166 valence electrons. The first-order valence-electron chi connectivity index (χ1n) is 11.6. The number of allylic oxidation sites excluding steroid dienone is 1. The first kappa shape index (κ1) is 21.2. The summed E-state index contributed by atoms with van der Waals surface area (Å²) in [6.07, 6.45) is 6.23. The Labute approximate surface area is 194 Å². The Balaban J connectivity index is 1.05. The van der Waals surface area contributed by atoms with Gasteiger partial charge in [0.2, 0.25) is 0 Å².